The molecule has 4 nitrogen and oxygen atoms in total. The lowest BCUT2D eigenvalue weighted by Crippen LogP contribution is -2.47. The van der Waals surface area contributed by atoms with Crippen LogP contribution in [0.5, 0.6) is 0 Å². The average molecular weight is 295 g/mol. The highest BCUT2D eigenvalue weighted by atomic mass is 16.6. The van der Waals surface area contributed by atoms with E-state index in [0.717, 1.165) is 38.5 Å². The van der Waals surface area contributed by atoms with Crippen molar-refractivity contribution in [3.05, 3.63) is 0 Å². The van der Waals surface area contributed by atoms with E-state index < -0.39 is 5.60 Å². The Morgan fingerprint density at radius 1 is 1.10 bits per heavy atom. The standard InChI is InChI=1S/C17H29NO3/c1-12(15(19)13-9-10-13)14-8-6-5-7-11-18(14)16(20)21-17(2,3)4/h12-14H,5-11H2,1-4H3. The molecule has 0 radical (unpaired) electrons. The second-order valence-corrected chi connectivity index (χ2v) is 7.56. The van der Waals surface area contributed by atoms with E-state index in [1.165, 1.54) is 0 Å². The van der Waals surface area contributed by atoms with Crippen molar-refractivity contribution in [1.82, 2.24) is 4.90 Å². The highest BCUT2D eigenvalue weighted by Crippen LogP contribution is 2.35. The van der Waals surface area contributed by atoms with E-state index in [9.17, 15) is 9.59 Å². The smallest absolute Gasteiger partial charge is 0.410 e. The first kappa shape index (κ1) is 16.3. The van der Waals surface area contributed by atoms with Gasteiger partial charge in [-0.3, -0.25) is 4.79 Å². The number of carbonyl (C=O) groups is 2. The number of ether oxygens (including phenoxy) is 1. The SMILES string of the molecule is CC(C(=O)C1CC1)C1CCCCCN1C(=O)OC(C)(C)C. The third-order valence-corrected chi connectivity index (χ3v) is 4.43. The van der Waals surface area contributed by atoms with Crippen molar-refractivity contribution in [2.45, 2.75) is 77.9 Å². The molecular formula is C17H29NO3. The van der Waals surface area contributed by atoms with Gasteiger partial charge in [-0.25, -0.2) is 4.79 Å². The van der Waals surface area contributed by atoms with E-state index in [4.69, 9.17) is 4.74 Å². The van der Waals surface area contributed by atoms with Crippen LogP contribution < -0.4 is 0 Å². The first-order valence-corrected chi connectivity index (χ1v) is 8.33. The predicted octanol–water partition coefficient (Wildman–Crippen LogP) is 3.78. The Morgan fingerprint density at radius 2 is 1.76 bits per heavy atom. The molecule has 2 atom stereocenters. The summed E-state index contributed by atoms with van der Waals surface area (Å²) in [6, 6.07) is 0.00968. The molecule has 4 heteroatoms. The van der Waals surface area contributed by atoms with Crippen molar-refractivity contribution >= 4 is 11.9 Å². The zero-order valence-electron chi connectivity index (χ0n) is 13.9. The normalized spacial score (nSPS) is 25.1. The van der Waals surface area contributed by atoms with Gasteiger partial charge in [-0.2, -0.15) is 0 Å². The lowest BCUT2D eigenvalue weighted by molar-refractivity contribution is -0.125. The van der Waals surface area contributed by atoms with Gasteiger partial charge >= 0.3 is 6.09 Å². The Hall–Kier alpha value is -1.06. The van der Waals surface area contributed by atoms with Crippen molar-refractivity contribution in [3.8, 4) is 0 Å². The topological polar surface area (TPSA) is 46.6 Å². The largest absolute Gasteiger partial charge is 0.444 e. The maximum atomic E-state index is 12.5. The Kier molecular flexibility index (Phi) is 4.95. The van der Waals surface area contributed by atoms with Crippen molar-refractivity contribution < 1.29 is 14.3 Å². The van der Waals surface area contributed by atoms with Gasteiger partial charge in [0.2, 0.25) is 0 Å². The molecule has 1 aliphatic carbocycles. The van der Waals surface area contributed by atoms with E-state index >= 15 is 0 Å². The minimum atomic E-state index is -0.488. The minimum absolute atomic E-state index is 0.00968. The molecule has 120 valence electrons. The third kappa shape index (κ3) is 4.45. The lowest BCUT2D eigenvalue weighted by Gasteiger charge is -2.35. The Bertz CT molecular complexity index is 395. The molecule has 0 aromatic heterocycles. The summed E-state index contributed by atoms with van der Waals surface area (Å²) < 4.78 is 5.54. The fraction of sp³-hybridized carbons (Fsp3) is 0.882. The summed E-state index contributed by atoms with van der Waals surface area (Å²) in [5.74, 6) is 0.530. The Morgan fingerprint density at radius 3 is 2.33 bits per heavy atom. The van der Waals surface area contributed by atoms with Gasteiger partial charge in [-0.05, 0) is 46.5 Å². The number of carbonyl (C=O) groups excluding carboxylic acids is 2. The van der Waals surface area contributed by atoms with Crippen LogP contribution in [0.25, 0.3) is 0 Å². The van der Waals surface area contributed by atoms with Gasteiger partial charge in [0.05, 0.1) is 0 Å². The van der Waals surface area contributed by atoms with Gasteiger partial charge in [-0.15, -0.1) is 0 Å². The number of amides is 1. The molecular weight excluding hydrogens is 266 g/mol. The molecule has 0 N–H and O–H groups in total. The summed E-state index contributed by atoms with van der Waals surface area (Å²) in [5, 5.41) is 0. The molecule has 1 aliphatic heterocycles. The van der Waals surface area contributed by atoms with Gasteiger partial charge in [0, 0.05) is 24.4 Å². The highest BCUT2D eigenvalue weighted by Gasteiger charge is 2.40. The maximum Gasteiger partial charge on any atom is 0.410 e. The summed E-state index contributed by atoms with van der Waals surface area (Å²) in [4.78, 5) is 26.7. The maximum absolute atomic E-state index is 12.5. The summed E-state index contributed by atoms with van der Waals surface area (Å²) in [6.07, 6.45) is 5.93. The second kappa shape index (κ2) is 6.37. The highest BCUT2D eigenvalue weighted by molar-refractivity contribution is 5.86. The third-order valence-electron chi connectivity index (χ3n) is 4.43. The summed E-state index contributed by atoms with van der Waals surface area (Å²) in [6.45, 7) is 8.36. The van der Waals surface area contributed by atoms with Crippen LogP contribution in [0, 0.1) is 11.8 Å². The van der Waals surface area contributed by atoms with Crippen molar-refractivity contribution in [2.24, 2.45) is 11.8 Å². The lowest BCUT2D eigenvalue weighted by atomic mass is 9.90. The Balaban J connectivity index is 2.09. The molecule has 21 heavy (non-hydrogen) atoms. The van der Waals surface area contributed by atoms with Crippen molar-refractivity contribution in [1.29, 1.82) is 0 Å². The fourth-order valence-electron chi connectivity index (χ4n) is 3.13. The molecule has 2 unspecified atom stereocenters. The van der Waals surface area contributed by atoms with Crippen LogP contribution in [-0.2, 0) is 9.53 Å². The van der Waals surface area contributed by atoms with Crippen LogP contribution in [0.3, 0.4) is 0 Å². The number of rotatable bonds is 3. The first-order valence-electron chi connectivity index (χ1n) is 8.33. The van der Waals surface area contributed by atoms with E-state index in [-0.39, 0.29) is 24.0 Å². The van der Waals surface area contributed by atoms with Crippen LogP contribution in [0.1, 0.15) is 66.2 Å². The quantitative estimate of drug-likeness (QED) is 0.796. The van der Waals surface area contributed by atoms with Crippen LogP contribution in [0.2, 0.25) is 0 Å². The van der Waals surface area contributed by atoms with Crippen LogP contribution in [0.4, 0.5) is 4.79 Å². The molecule has 1 saturated heterocycles. The van der Waals surface area contributed by atoms with Crippen LogP contribution in [0.15, 0.2) is 0 Å². The van der Waals surface area contributed by atoms with E-state index in [2.05, 4.69) is 0 Å². The summed E-state index contributed by atoms with van der Waals surface area (Å²) >= 11 is 0. The molecule has 0 spiro atoms. The van der Waals surface area contributed by atoms with Gasteiger partial charge in [-0.1, -0.05) is 19.8 Å². The van der Waals surface area contributed by atoms with Crippen LogP contribution >= 0.6 is 0 Å². The van der Waals surface area contributed by atoms with E-state index in [0.29, 0.717) is 12.3 Å². The molecule has 0 bridgehead atoms. The molecule has 2 rings (SSSR count). The molecule has 2 fully saturated rings. The molecule has 0 aromatic rings. The zero-order chi connectivity index (χ0) is 15.6. The average Bonchev–Trinajstić information content (AvgIpc) is 3.20. The molecule has 1 saturated carbocycles. The number of ketones is 1. The Labute approximate surface area is 128 Å². The van der Waals surface area contributed by atoms with Gasteiger partial charge in [0.25, 0.3) is 0 Å². The van der Waals surface area contributed by atoms with Crippen molar-refractivity contribution in [2.75, 3.05) is 6.54 Å². The summed E-state index contributed by atoms with van der Waals surface area (Å²) in [5.41, 5.74) is -0.488. The van der Waals surface area contributed by atoms with Gasteiger partial charge < -0.3 is 9.64 Å². The molecule has 0 aromatic carbocycles. The summed E-state index contributed by atoms with van der Waals surface area (Å²) in [7, 11) is 0. The number of hydrogen-bond donors (Lipinski definition) is 0. The molecule has 2 aliphatic rings. The first-order chi connectivity index (χ1) is 9.79. The van der Waals surface area contributed by atoms with E-state index in [1.54, 1.807) is 0 Å². The number of nitrogens with zero attached hydrogens (tertiary/aromatic N) is 1. The van der Waals surface area contributed by atoms with Gasteiger partial charge in [0.15, 0.2) is 0 Å². The number of Topliss-reactive ketones (excluding diaryl/α,β-unsaturated/α-hetero) is 1. The zero-order valence-corrected chi connectivity index (χ0v) is 13.9. The molecule has 1 amide bonds. The monoisotopic (exact) mass is 295 g/mol. The van der Waals surface area contributed by atoms with Crippen LogP contribution in [-0.4, -0.2) is 35.0 Å². The minimum Gasteiger partial charge on any atom is -0.444 e. The van der Waals surface area contributed by atoms with Gasteiger partial charge in [0.1, 0.15) is 11.4 Å². The number of likely N-dealkylation sites (tertiary alicyclic amines) is 1. The second-order valence-electron chi connectivity index (χ2n) is 7.56. The predicted molar refractivity (Wildman–Crippen MR) is 82.1 cm³/mol. The number of hydrogen-bond acceptors (Lipinski definition) is 3. The fourth-order valence-corrected chi connectivity index (χ4v) is 3.13. The van der Waals surface area contributed by atoms with E-state index in [1.807, 2.05) is 32.6 Å². The molecule has 1 heterocycles. The van der Waals surface area contributed by atoms with Crippen molar-refractivity contribution in [3.63, 3.8) is 0 Å².